The van der Waals surface area contributed by atoms with Gasteiger partial charge < -0.3 is 9.64 Å². The average molecular weight is 253 g/mol. The van der Waals surface area contributed by atoms with Gasteiger partial charge in [0.25, 0.3) is 0 Å². The van der Waals surface area contributed by atoms with E-state index in [9.17, 15) is 4.79 Å². The largest absolute Gasteiger partial charge is 0.453 e. The molecule has 1 aliphatic rings. The first-order valence-corrected chi connectivity index (χ1v) is 6.40. The van der Waals surface area contributed by atoms with Crippen molar-refractivity contribution >= 4 is 17.2 Å². The van der Waals surface area contributed by atoms with E-state index < -0.39 is 0 Å². The lowest BCUT2D eigenvalue weighted by Crippen LogP contribution is -2.20. The van der Waals surface area contributed by atoms with E-state index in [-0.39, 0.29) is 5.78 Å². The maximum absolute atomic E-state index is 11.5. The lowest BCUT2D eigenvalue weighted by molar-refractivity contribution is 0.101. The summed E-state index contributed by atoms with van der Waals surface area (Å²) >= 11 is 0. The summed E-state index contributed by atoms with van der Waals surface area (Å²) in [5.74, 6) is 1.72. The van der Waals surface area contributed by atoms with Crippen LogP contribution in [-0.2, 0) is 0 Å². The van der Waals surface area contributed by atoms with E-state index >= 15 is 0 Å². The van der Waals surface area contributed by atoms with Gasteiger partial charge in [-0.2, -0.15) is 0 Å². The van der Waals surface area contributed by atoms with Crippen molar-refractivity contribution in [3.63, 3.8) is 0 Å². The van der Waals surface area contributed by atoms with E-state index in [4.69, 9.17) is 4.74 Å². The standard InChI is InChI=1S/C16H15NO2/c1-3-17-13-6-4-5-7-15(13)19-16-9-8-12(11(2)18)10-14(16)17/h4-10H,3H2,1-2H3. The molecule has 96 valence electrons. The van der Waals surface area contributed by atoms with Crippen LogP contribution in [0.15, 0.2) is 42.5 Å². The van der Waals surface area contributed by atoms with E-state index in [2.05, 4.69) is 11.8 Å². The molecule has 0 spiro atoms. The van der Waals surface area contributed by atoms with Crippen LogP contribution in [0.25, 0.3) is 0 Å². The molecule has 3 rings (SSSR count). The Morgan fingerprint density at radius 3 is 2.58 bits per heavy atom. The fourth-order valence-electron chi connectivity index (χ4n) is 2.39. The molecule has 1 heterocycles. The number of hydrogen-bond donors (Lipinski definition) is 0. The molecule has 0 bridgehead atoms. The van der Waals surface area contributed by atoms with Crippen molar-refractivity contribution in [1.82, 2.24) is 0 Å². The molecule has 0 saturated heterocycles. The van der Waals surface area contributed by atoms with Crippen molar-refractivity contribution in [2.45, 2.75) is 13.8 Å². The van der Waals surface area contributed by atoms with Crippen LogP contribution in [0.5, 0.6) is 11.5 Å². The summed E-state index contributed by atoms with van der Waals surface area (Å²) in [7, 11) is 0. The molecule has 3 nitrogen and oxygen atoms in total. The Kier molecular flexibility index (Phi) is 2.75. The maximum Gasteiger partial charge on any atom is 0.159 e. The maximum atomic E-state index is 11.5. The molecule has 0 amide bonds. The van der Waals surface area contributed by atoms with Crippen LogP contribution in [0.1, 0.15) is 24.2 Å². The third-order valence-electron chi connectivity index (χ3n) is 3.35. The number of carbonyl (C=O) groups excluding carboxylic acids is 1. The second-order valence-corrected chi connectivity index (χ2v) is 4.55. The van der Waals surface area contributed by atoms with Crippen LogP contribution in [0.3, 0.4) is 0 Å². The summed E-state index contributed by atoms with van der Waals surface area (Å²) in [5.41, 5.74) is 2.70. The number of anilines is 2. The Balaban J connectivity index is 2.16. The van der Waals surface area contributed by atoms with Crippen LogP contribution in [0.2, 0.25) is 0 Å². The average Bonchev–Trinajstić information content (AvgIpc) is 2.44. The molecule has 2 aromatic carbocycles. The van der Waals surface area contributed by atoms with Crippen molar-refractivity contribution in [1.29, 1.82) is 0 Å². The predicted octanol–water partition coefficient (Wildman–Crippen LogP) is 4.15. The van der Waals surface area contributed by atoms with Crippen molar-refractivity contribution in [3.05, 3.63) is 48.0 Å². The second kappa shape index (κ2) is 4.43. The number of fused-ring (bicyclic) bond motifs is 2. The van der Waals surface area contributed by atoms with Crippen LogP contribution in [0.4, 0.5) is 11.4 Å². The molecule has 0 radical (unpaired) electrons. The van der Waals surface area contributed by atoms with Gasteiger partial charge in [0.15, 0.2) is 17.3 Å². The zero-order chi connectivity index (χ0) is 13.4. The van der Waals surface area contributed by atoms with Crippen LogP contribution < -0.4 is 9.64 Å². The normalized spacial score (nSPS) is 12.4. The molecule has 0 aliphatic carbocycles. The van der Waals surface area contributed by atoms with Crippen LogP contribution >= 0.6 is 0 Å². The number of carbonyl (C=O) groups is 1. The zero-order valence-electron chi connectivity index (χ0n) is 11.0. The van der Waals surface area contributed by atoms with E-state index in [1.165, 1.54) is 0 Å². The Morgan fingerprint density at radius 2 is 1.84 bits per heavy atom. The van der Waals surface area contributed by atoms with E-state index in [1.807, 2.05) is 42.5 Å². The molecule has 0 unspecified atom stereocenters. The molecular weight excluding hydrogens is 238 g/mol. The summed E-state index contributed by atoms with van der Waals surface area (Å²) in [6, 6.07) is 13.5. The molecule has 0 fully saturated rings. The molecule has 1 aliphatic heterocycles. The summed E-state index contributed by atoms with van der Waals surface area (Å²) in [5, 5.41) is 0. The Labute approximate surface area is 112 Å². The van der Waals surface area contributed by atoms with Crippen molar-refractivity contribution < 1.29 is 9.53 Å². The van der Waals surface area contributed by atoms with Gasteiger partial charge in [0.2, 0.25) is 0 Å². The number of ketones is 1. The fraction of sp³-hybridized carbons (Fsp3) is 0.188. The van der Waals surface area contributed by atoms with Gasteiger partial charge in [-0.25, -0.2) is 0 Å². The molecule has 0 aromatic heterocycles. The van der Waals surface area contributed by atoms with Gasteiger partial charge in [-0.05, 0) is 44.2 Å². The highest BCUT2D eigenvalue weighted by Crippen LogP contribution is 2.46. The topological polar surface area (TPSA) is 29.5 Å². The minimum Gasteiger partial charge on any atom is -0.453 e. The monoisotopic (exact) mass is 253 g/mol. The van der Waals surface area contributed by atoms with Gasteiger partial charge in [0.1, 0.15) is 0 Å². The van der Waals surface area contributed by atoms with Gasteiger partial charge in [-0.3, -0.25) is 4.79 Å². The van der Waals surface area contributed by atoms with Crippen molar-refractivity contribution in [2.75, 3.05) is 11.4 Å². The lowest BCUT2D eigenvalue weighted by Gasteiger charge is -2.32. The van der Waals surface area contributed by atoms with E-state index in [0.717, 1.165) is 29.4 Å². The summed E-state index contributed by atoms with van der Waals surface area (Å²) in [6.45, 7) is 4.50. The minimum absolute atomic E-state index is 0.0673. The number of ether oxygens (including phenoxy) is 1. The first-order valence-electron chi connectivity index (χ1n) is 6.40. The summed E-state index contributed by atoms with van der Waals surface area (Å²) in [4.78, 5) is 13.7. The first-order chi connectivity index (χ1) is 9.20. The number of hydrogen-bond acceptors (Lipinski definition) is 3. The molecule has 2 aromatic rings. The van der Waals surface area contributed by atoms with Gasteiger partial charge in [-0.15, -0.1) is 0 Å². The zero-order valence-corrected chi connectivity index (χ0v) is 11.0. The Bertz CT molecular complexity index is 649. The van der Waals surface area contributed by atoms with Crippen molar-refractivity contribution in [2.24, 2.45) is 0 Å². The van der Waals surface area contributed by atoms with Crippen LogP contribution in [0, 0.1) is 0 Å². The predicted molar refractivity (Wildman–Crippen MR) is 75.6 cm³/mol. The number of benzene rings is 2. The molecule has 19 heavy (non-hydrogen) atoms. The number of para-hydroxylation sites is 2. The van der Waals surface area contributed by atoms with E-state index in [0.29, 0.717) is 5.56 Å². The number of nitrogens with zero attached hydrogens (tertiary/aromatic N) is 1. The molecule has 0 atom stereocenters. The highest BCUT2D eigenvalue weighted by Gasteiger charge is 2.23. The second-order valence-electron chi connectivity index (χ2n) is 4.55. The van der Waals surface area contributed by atoms with Gasteiger partial charge in [0.05, 0.1) is 11.4 Å². The summed E-state index contributed by atoms with van der Waals surface area (Å²) < 4.78 is 5.89. The third kappa shape index (κ3) is 1.87. The summed E-state index contributed by atoms with van der Waals surface area (Å²) in [6.07, 6.45) is 0. The van der Waals surface area contributed by atoms with Crippen LogP contribution in [-0.4, -0.2) is 12.3 Å². The highest BCUT2D eigenvalue weighted by molar-refractivity contribution is 5.96. The Morgan fingerprint density at radius 1 is 1.11 bits per heavy atom. The molecule has 0 N–H and O–H groups in total. The lowest BCUT2D eigenvalue weighted by atomic mass is 10.1. The van der Waals surface area contributed by atoms with E-state index in [1.54, 1.807) is 6.92 Å². The quantitative estimate of drug-likeness (QED) is 0.753. The smallest absolute Gasteiger partial charge is 0.159 e. The fourth-order valence-corrected chi connectivity index (χ4v) is 2.39. The molecular formula is C16H15NO2. The first kappa shape index (κ1) is 11.8. The molecule has 0 saturated carbocycles. The van der Waals surface area contributed by atoms with Gasteiger partial charge in [0, 0.05) is 12.1 Å². The SMILES string of the molecule is CCN1c2ccccc2Oc2ccc(C(C)=O)cc21. The Hall–Kier alpha value is -2.29. The molecule has 3 heteroatoms. The van der Waals surface area contributed by atoms with Crippen molar-refractivity contribution in [3.8, 4) is 11.5 Å². The third-order valence-corrected chi connectivity index (χ3v) is 3.35. The van der Waals surface area contributed by atoms with Gasteiger partial charge in [-0.1, -0.05) is 12.1 Å². The number of rotatable bonds is 2. The number of Topliss-reactive ketones (excluding diaryl/α,β-unsaturated/α-hetero) is 1. The van der Waals surface area contributed by atoms with Gasteiger partial charge >= 0.3 is 0 Å². The highest BCUT2D eigenvalue weighted by atomic mass is 16.5. The minimum atomic E-state index is 0.0673.